The van der Waals surface area contributed by atoms with Gasteiger partial charge in [0.1, 0.15) is 5.82 Å². The molecule has 2 aliphatic heterocycles. The average Bonchev–Trinajstić information content (AvgIpc) is 2.91. The predicted molar refractivity (Wildman–Crippen MR) is 143 cm³/mol. The minimum absolute atomic E-state index is 0.352. The molecular weight excluding hydrogens is 514 g/mol. The Bertz CT molecular complexity index is 1220. The van der Waals surface area contributed by atoms with E-state index in [9.17, 15) is 17.6 Å². The van der Waals surface area contributed by atoms with Crippen LogP contribution in [0, 0.1) is 5.82 Å². The Balaban J connectivity index is 1.13. The third-order valence-electron chi connectivity index (χ3n) is 6.99. The molecule has 0 radical (unpaired) electrons. The van der Waals surface area contributed by atoms with Crippen molar-refractivity contribution in [1.29, 1.82) is 0 Å². The van der Waals surface area contributed by atoms with Gasteiger partial charge >= 0.3 is 6.18 Å². The molecular formula is C29H31F4N3OS. The van der Waals surface area contributed by atoms with Gasteiger partial charge in [-0.3, -0.25) is 4.90 Å². The zero-order valence-corrected chi connectivity index (χ0v) is 21.9. The zero-order valence-electron chi connectivity index (χ0n) is 21.1. The summed E-state index contributed by atoms with van der Waals surface area (Å²) in [7, 11) is 0. The molecule has 2 aliphatic rings. The molecule has 0 N–H and O–H groups in total. The normalized spacial score (nSPS) is 16.4. The second-order valence-electron chi connectivity index (χ2n) is 9.62. The van der Waals surface area contributed by atoms with Crippen LogP contribution in [0.25, 0.3) is 0 Å². The summed E-state index contributed by atoms with van der Waals surface area (Å²) in [5.41, 5.74) is 1.79. The van der Waals surface area contributed by atoms with Crippen LogP contribution in [0.1, 0.15) is 17.5 Å². The first kappa shape index (κ1) is 27.0. The minimum atomic E-state index is -4.42. The van der Waals surface area contributed by atoms with Crippen LogP contribution < -0.4 is 4.90 Å². The van der Waals surface area contributed by atoms with Gasteiger partial charge < -0.3 is 14.5 Å². The topological polar surface area (TPSA) is 19.0 Å². The van der Waals surface area contributed by atoms with Crippen LogP contribution >= 0.6 is 11.8 Å². The second-order valence-corrected chi connectivity index (χ2v) is 10.7. The van der Waals surface area contributed by atoms with Crippen LogP contribution in [0.4, 0.5) is 28.9 Å². The molecule has 9 heteroatoms. The highest BCUT2D eigenvalue weighted by Crippen LogP contribution is 2.49. The molecule has 0 spiro atoms. The molecule has 1 fully saturated rings. The van der Waals surface area contributed by atoms with Gasteiger partial charge in [-0.25, -0.2) is 4.39 Å². The number of rotatable bonds is 9. The van der Waals surface area contributed by atoms with E-state index >= 15 is 0 Å². The molecule has 5 rings (SSSR count). The summed E-state index contributed by atoms with van der Waals surface area (Å²) in [5, 5.41) is 0. The summed E-state index contributed by atoms with van der Waals surface area (Å²) in [6.45, 7) is 7.46. The Labute approximate surface area is 225 Å². The van der Waals surface area contributed by atoms with Gasteiger partial charge in [0.25, 0.3) is 0 Å². The maximum Gasteiger partial charge on any atom is 0.416 e. The Morgan fingerprint density at radius 3 is 2.24 bits per heavy atom. The van der Waals surface area contributed by atoms with E-state index in [1.165, 1.54) is 41.6 Å². The molecule has 1 saturated heterocycles. The van der Waals surface area contributed by atoms with Gasteiger partial charge in [0.05, 0.1) is 30.2 Å². The summed E-state index contributed by atoms with van der Waals surface area (Å²) in [6.07, 6.45) is -3.63. The highest BCUT2D eigenvalue weighted by Gasteiger charge is 2.33. The van der Waals surface area contributed by atoms with Crippen molar-refractivity contribution in [3.8, 4) is 0 Å². The summed E-state index contributed by atoms with van der Waals surface area (Å²) < 4.78 is 60.1. The Morgan fingerprint density at radius 2 is 1.50 bits per heavy atom. The lowest BCUT2D eigenvalue weighted by molar-refractivity contribution is -0.137. The van der Waals surface area contributed by atoms with E-state index in [0.29, 0.717) is 30.3 Å². The van der Waals surface area contributed by atoms with E-state index in [1.54, 1.807) is 6.07 Å². The van der Waals surface area contributed by atoms with Gasteiger partial charge in [-0.1, -0.05) is 42.1 Å². The standard InChI is InChI=1S/C29H31F4N3OS/c30-24-8-9-25-28(20-24)38-27-10-7-23(29(31,32)33)19-26(27)36(25)12-4-11-34-13-15-35(16-14-34)17-18-37-21-22-5-2-1-3-6-22/h1-3,5-10,19-20H,4,11-18,21H2. The Morgan fingerprint density at radius 1 is 0.763 bits per heavy atom. The highest BCUT2D eigenvalue weighted by molar-refractivity contribution is 7.99. The van der Waals surface area contributed by atoms with Crippen molar-refractivity contribution in [1.82, 2.24) is 9.80 Å². The van der Waals surface area contributed by atoms with E-state index in [1.807, 2.05) is 23.1 Å². The van der Waals surface area contributed by atoms with Gasteiger partial charge in [0.2, 0.25) is 0 Å². The monoisotopic (exact) mass is 545 g/mol. The van der Waals surface area contributed by atoms with Crippen LogP contribution in [-0.2, 0) is 17.5 Å². The van der Waals surface area contributed by atoms with Crippen LogP contribution in [-0.4, -0.2) is 62.2 Å². The van der Waals surface area contributed by atoms with E-state index in [2.05, 4.69) is 21.9 Å². The fourth-order valence-electron chi connectivity index (χ4n) is 4.92. The van der Waals surface area contributed by atoms with E-state index in [4.69, 9.17) is 4.74 Å². The van der Waals surface area contributed by atoms with Crippen molar-refractivity contribution >= 4 is 23.1 Å². The number of piperazine rings is 1. The summed E-state index contributed by atoms with van der Waals surface area (Å²) >= 11 is 1.31. The second kappa shape index (κ2) is 12.1. The van der Waals surface area contributed by atoms with E-state index in [-0.39, 0.29) is 5.82 Å². The number of hydrogen-bond acceptors (Lipinski definition) is 5. The molecule has 3 aromatic carbocycles. The maximum absolute atomic E-state index is 13.9. The Hall–Kier alpha value is -2.59. The highest BCUT2D eigenvalue weighted by atomic mass is 32.2. The summed E-state index contributed by atoms with van der Waals surface area (Å²) in [6, 6.07) is 18.4. The van der Waals surface area contributed by atoms with Crippen LogP contribution in [0.15, 0.2) is 76.5 Å². The molecule has 0 aromatic heterocycles. The average molecular weight is 546 g/mol. The summed E-state index contributed by atoms with van der Waals surface area (Å²) in [4.78, 5) is 8.15. The molecule has 202 valence electrons. The number of nitrogens with zero attached hydrogens (tertiary/aromatic N) is 3. The maximum atomic E-state index is 13.9. The van der Waals surface area contributed by atoms with E-state index in [0.717, 1.165) is 62.3 Å². The van der Waals surface area contributed by atoms with Crippen LogP contribution in [0.5, 0.6) is 0 Å². The first-order valence-corrected chi connectivity index (χ1v) is 13.7. The molecule has 38 heavy (non-hydrogen) atoms. The lowest BCUT2D eigenvalue weighted by Gasteiger charge is -2.36. The van der Waals surface area contributed by atoms with Gasteiger partial charge in [-0.05, 0) is 54.9 Å². The molecule has 0 atom stereocenters. The first-order valence-electron chi connectivity index (χ1n) is 12.9. The fraction of sp³-hybridized carbons (Fsp3) is 0.379. The lowest BCUT2D eigenvalue weighted by Crippen LogP contribution is -2.47. The number of hydrogen-bond donors (Lipinski definition) is 0. The quantitative estimate of drug-likeness (QED) is 0.220. The smallest absolute Gasteiger partial charge is 0.375 e. The van der Waals surface area contributed by atoms with Crippen molar-refractivity contribution in [2.45, 2.75) is 29.0 Å². The molecule has 0 aliphatic carbocycles. The van der Waals surface area contributed by atoms with Gasteiger partial charge in [-0.2, -0.15) is 13.2 Å². The number of benzene rings is 3. The van der Waals surface area contributed by atoms with Crippen LogP contribution in [0.3, 0.4) is 0 Å². The third-order valence-corrected chi connectivity index (χ3v) is 8.11. The fourth-order valence-corrected chi connectivity index (χ4v) is 6.02. The van der Waals surface area contributed by atoms with Crippen LogP contribution in [0.2, 0.25) is 0 Å². The van der Waals surface area contributed by atoms with E-state index < -0.39 is 11.7 Å². The molecule has 3 aromatic rings. The molecule has 0 unspecified atom stereocenters. The van der Waals surface area contributed by atoms with Crippen molar-refractivity contribution in [3.05, 3.63) is 83.7 Å². The summed E-state index contributed by atoms with van der Waals surface area (Å²) in [5.74, 6) is -0.352. The minimum Gasteiger partial charge on any atom is -0.375 e. The molecule has 4 nitrogen and oxygen atoms in total. The largest absolute Gasteiger partial charge is 0.416 e. The van der Waals surface area contributed by atoms with Crippen molar-refractivity contribution < 1.29 is 22.3 Å². The predicted octanol–water partition coefficient (Wildman–Crippen LogP) is 6.67. The first-order chi connectivity index (χ1) is 18.4. The van der Waals surface area contributed by atoms with Crippen molar-refractivity contribution in [3.63, 3.8) is 0 Å². The number of anilines is 2. The third kappa shape index (κ3) is 6.69. The number of alkyl halides is 3. The molecule has 0 amide bonds. The molecule has 0 bridgehead atoms. The Kier molecular flexibility index (Phi) is 8.57. The zero-order chi connectivity index (χ0) is 26.5. The SMILES string of the molecule is Fc1ccc2c(c1)Sc1ccc(C(F)(F)F)cc1N2CCCN1CCN(CCOCc2ccccc2)CC1. The number of halogens is 4. The van der Waals surface area contributed by atoms with Gasteiger partial charge in [-0.15, -0.1) is 0 Å². The van der Waals surface area contributed by atoms with Gasteiger partial charge in [0, 0.05) is 49.1 Å². The number of fused-ring (bicyclic) bond motifs is 2. The molecule has 0 saturated carbocycles. The van der Waals surface area contributed by atoms with Gasteiger partial charge in [0.15, 0.2) is 0 Å². The lowest BCUT2D eigenvalue weighted by atomic mass is 10.1. The van der Waals surface area contributed by atoms with Crippen molar-refractivity contribution in [2.75, 3.05) is 57.3 Å². The molecule has 2 heterocycles. The van der Waals surface area contributed by atoms with Crippen molar-refractivity contribution in [2.24, 2.45) is 0 Å². The number of ether oxygens (including phenoxy) is 1.